The van der Waals surface area contributed by atoms with Crippen LogP contribution in [0.15, 0.2) is 60.7 Å². The van der Waals surface area contributed by atoms with Gasteiger partial charge in [0.2, 0.25) is 0 Å². The van der Waals surface area contributed by atoms with Crippen LogP contribution in [0.2, 0.25) is 0 Å². The van der Waals surface area contributed by atoms with E-state index < -0.39 is 23.8 Å². The van der Waals surface area contributed by atoms with E-state index in [-0.39, 0.29) is 11.4 Å². The molecule has 3 amide bonds. The number of aromatic nitrogens is 2. The predicted molar refractivity (Wildman–Crippen MR) is 96.2 cm³/mol. The number of urea groups is 1. The van der Waals surface area contributed by atoms with Gasteiger partial charge in [0.15, 0.2) is 0 Å². The summed E-state index contributed by atoms with van der Waals surface area (Å²) < 4.78 is 40.1. The Bertz CT molecular complexity index is 996. The molecule has 3 rings (SSSR count). The van der Waals surface area contributed by atoms with E-state index in [1.54, 1.807) is 30.3 Å². The predicted octanol–water partition coefficient (Wildman–Crippen LogP) is 4.16. The molecule has 0 aliphatic rings. The molecule has 3 aromatic rings. The zero-order valence-corrected chi connectivity index (χ0v) is 14.6. The minimum atomic E-state index is -4.55. The number of alkyl halides is 3. The Morgan fingerprint density at radius 2 is 1.64 bits per heavy atom. The number of halogens is 3. The van der Waals surface area contributed by atoms with Gasteiger partial charge >= 0.3 is 12.2 Å². The van der Waals surface area contributed by atoms with Crippen LogP contribution in [0.3, 0.4) is 0 Å². The fourth-order valence-electron chi connectivity index (χ4n) is 2.51. The van der Waals surface area contributed by atoms with Crippen molar-refractivity contribution in [3.05, 3.63) is 77.6 Å². The lowest BCUT2D eigenvalue weighted by atomic mass is 10.2. The van der Waals surface area contributed by atoms with E-state index in [1.165, 1.54) is 31.2 Å². The lowest BCUT2D eigenvalue weighted by Gasteiger charge is -2.11. The van der Waals surface area contributed by atoms with Crippen molar-refractivity contribution in [2.75, 3.05) is 5.32 Å². The molecule has 0 spiro atoms. The topological polar surface area (TPSA) is 76.0 Å². The summed E-state index contributed by atoms with van der Waals surface area (Å²) in [6.07, 6.45) is -4.55. The average Bonchev–Trinajstić information content (AvgIpc) is 3.05. The highest BCUT2D eigenvalue weighted by Crippen LogP contribution is 2.31. The first-order valence-electron chi connectivity index (χ1n) is 8.16. The van der Waals surface area contributed by atoms with Crippen molar-refractivity contribution in [1.82, 2.24) is 15.1 Å². The van der Waals surface area contributed by atoms with Gasteiger partial charge in [0.25, 0.3) is 5.91 Å². The van der Waals surface area contributed by atoms with Crippen LogP contribution in [0.25, 0.3) is 5.69 Å². The summed E-state index contributed by atoms with van der Waals surface area (Å²) in [5.41, 5.74) is 0.151. The van der Waals surface area contributed by atoms with E-state index in [0.717, 1.165) is 10.7 Å². The van der Waals surface area contributed by atoms with Crippen LogP contribution in [0, 0.1) is 6.92 Å². The number of anilines is 1. The number of carbonyl (C=O) groups is 2. The number of benzene rings is 2. The smallest absolute Gasteiger partial charge is 0.308 e. The third-order valence-electron chi connectivity index (χ3n) is 3.75. The molecule has 2 aromatic carbocycles. The number of carbonyl (C=O) groups excluding carboxylic acids is 2. The molecule has 9 heteroatoms. The van der Waals surface area contributed by atoms with Gasteiger partial charge in [-0.1, -0.05) is 18.2 Å². The van der Waals surface area contributed by atoms with Crippen LogP contribution < -0.4 is 10.6 Å². The van der Waals surface area contributed by atoms with Crippen molar-refractivity contribution in [2.45, 2.75) is 13.1 Å². The van der Waals surface area contributed by atoms with Crippen molar-refractivity contribution >= 4 is 17.6 Å². The fourth-order valence-corrected chi connectivity index (χ4v) is 2.51. The highest BCUT2D eigenvalue weighted by atomic mass is 19.4. The van der Waals surface area contributed by atoms with Crippen molar-refractivity contribution in [3.63, 3.8) is 0 Å². The van der Waals surface area contributed by atoms with Gasteiger partial charge in [-0.15, -0.1) is 0 Å². The number of hydrogen-bond donors (Lipinski definition) is 2. The summed E-state index contributed by atoms with van der Waals surface area (Å²) in [6.45, 7) is 1.47. The molecule has 0 saturated heterocycles. The molecule has 0 fully saturated rings. The summed E-state index contributed by atoms with van der Waals surface area (Å²) in [6, 6.07) is 14.0. The molecule has 0 bridgehead atoms. The SMILES string of the molecule is Cc1cc(C(F)(F)F)n(-c2ccc(NC(=O)NC(=O)c3ccccc3)cc2)n1. The van der Waals surface area contributed by atoms with Gasteiger partial charge in [0.05, 0.1) is 11.4 Å². The van der Waals surface area contributed by atoms with Crippen molar-refractivity contribution in [3.8, 4) is 5.69 Å². The van der Waals surface area contributed by atoms with E-state index in [1.807, 2.05) is 0 Å². The zero-order valence-electron chi connectivity index (χ0n) is 14.6. The summed E-state index contributed by atoms with van der Waals surface area (Å²) in [5.74, 6) is -0.573. The molecule has 0 radical (unpaired) electrons. The molecular formula is C19H15F3N4O2. The van der Waals surface area contributed by atoms with Gasteiger partial charge in [0.1, 0.15) is 5.69 Å². The molecule has 0 aliphatic carbocycles. The molecule has 0 atom stereocenters. The zero-order chi connectivity index (χ0) is 20.3. The molecular weight excluding hydrogens is 373 g/mol. The Kier molecular flexibility index (Phi) is 5.16. The quantitative estimate of drug-likeness (QED) is 0.707. The van der Waals surface area contributed by atoms with E-state index in [4.69, 9.17) is 0 Å². The minimum absolute atomic E-state index is 0.187. The number of hydrogen-bond acceptors (Lipinski definition) is 3. The molecule has 0 unspecified atom stereocenters. The van der Waals surface area contributed by atoms with Gasteiger partial charge in [-0.05, 0) is 49.4 Å². The molecule has 0 aliphatic heterocycles. The number of nitrogens with one attached hydrogen (secondary N) is 2. The van der Waals surface area contributed by atoms with Crippen LogP contribution in [0.5, 0.6) is 0 Å². The van der Waals surface area contributed by atoms with Crippen LogP contribution in [0.4, 0.5) is 23.7 Å². The first-order valence-corrected chi connectivity index (χ1v) is 8.16. The summed E-state index contributed by atoms with van der Waals surface area (Å²) >= 11 is 0. The van der Waals surface area contributed by atoms with E-state index in [9.17, 15) is 22.8 Å². The van der Waals surface area contributed by atoms with Crippen LogP contribution in [0.1, 0.15) is 21.7 Å². The van der Waals surface area contributed by atoms with Gasteiger partial charge in [-0.3, -0.25) is 10.1 Å². The average molecular weight is 388 g/mol. The summed E-state index contributed by atoms with van der Waals surface area (Å²) in [5, 5.41) is 8.48. The number of imide groups is 1. The Hall–Kier alpha value is -3.62. The van der Waals surface area contributed by atoms with Crippen LogP contribution in [-0.2, 0) is 6.18 Å². The first kappa shape index (κ1) is 19.2. The maximum atomic E-state index is 13.1. The molecule has 6 nitrogen and oxygen atoms in total. The first-order chi connectivity index (χ1) is 13.2. The van der Waals surface area contributed by atoms with Gasteiger partial charge in [-0.2, -0.15) is 18.3 Å². The summed E-state index contributed by atoms with van der Waals surface area (Å²) in [7, 11) is 0. The molecule has 0 saturated carbocycles. The van der Waals surface area contributed by atoms with Gasteiger partial charge < -0.3 is 5.32 Å². The Morgan fingerprint density at radius 3 is 2.25 bits per heavy atom. The summed E-state index contributed by atoms with van der Waals surface area (Å²) in [4.78, 5) is 23.9. The standard InChI is InChI=1S/C19H15F3N4O2/c1-12-11-16(19(20,21)22)26(25-12)15-9-7-14(8-10-15)23-18(28)24-17(27)13-5-3-2-4-6-13/h2-11H,1H3,(H2,23,24,27,28). The second-order valence-corrected chi connectivity index (χ2v) is 5.90. The molecule has 1 heterocycles. The maximum Gasteiger partial charge on any atom is 0.433 e. The molecule has 1 aromatic heterocycles. The van der Waals surface area contributed by atoms with E-state index in [0.29, 0.717) is 11.3 Å². The van der Waals surface area contributed by atoms with Crippen molar-refractivity contribution in [2.24, 2.45) is 0 Å². The van der Waals surface area contributed by atoms with E-state index >= 15 is 0 Å². The second-order valence-electron chi connectivity index (χ2n) is 5.90. The van der Waals surface area contributed by atoms with Gasteiger partial charge in [-0.25, -0.2) is 9.48 Å². The number of amides is 3. The monoisotopic (exact) mass is 388 g/mol. The molecule has 28 heavy (non-hydrogen) atoms. The maximum absolute atomic E-state index is 13.1. The Balaban J connectivity index is 1.70. The minimum Gasteiger partial charge on any atom is -0.308 e. The van der Waals surface area contributed by atoms with Crippen molar-refractivity contribution < 1.29 is 22.8 Å². The number of nitrogens with zero attached hydrogens (tertiary/aromatic N) is 2. The lowest BCUT2D eigenvalue weighted by Crippen LogP contribution is -2.34. The normalized spacial score (nSPS) is 11.1. The van der Waals surface area contributed by atoms with Gasteiger partial charge in [0, 0.05) is 11.3 Å². The number of rotatable bonds is 3. The highest BCUT2D eigenvalue weighted by Gasteiger charge is 2.35. The molecule has 144 valence electrons. The fraction of sp³-hybridized carbons (Fsp3) is 0.105. The third-order valence-corrected chi connectivity index (χ3v) is 3.75. The van der Waals surface area contributed by atoms with E-state index in [2.05, 4.69) is 15.7 Å². The van der Waals surface area contributed by atoms with Crippen LogP contribution >= 0.6 is 0 Å². The largest absolute Gasteiger partial charge is 0.433 e. The lowest BCUT2D eigenvalue weighted by molar-refractivity contribution is -0.142. The third kappa shape index (κ3) is 4.37. The molecule has 2 N–H and O–H groups in total. The highest BCUT2D eigenvalue weighted by molar-refractivity contribution is 6.07. The van der Waals surface area contributed by atoms with Crippen LogP contribution in [-0.4, -0.2) is 21.7 Å². The second kappa shape index (κ2) is 7.55. The number of aryl methyl sites for hydroxylation is 1. The van der Waals surface area contributed by atoms with Crippen molar-refractivity contribution in [1.29, 1.82) is 0 Å². The Labute approximate surface area is 158 Å². The Morgan fingerprint density at radius 1 is 1.00 bits per heavy atom.